The van der Waals surface area contributed by atoms with Gasteiger partial charge in [-0.05, 0) is 48.9 Å². The van der Waals surface area contributed by atoms with Crippen LogP contribution < -0.4 is 5.32 Å². The van der Waals surface area contributed by atoms with Gasteiger partial charge in [0.2, 0.25) is 5.91 Å². The Morgan fingerprint density at radius 1 is 0.931 bits per heavy atom. The van der Waals surface area contributed by atoms with E-state index in [2.05, 4.69) is 53.8 Å². The molecular weight excluding hydrogens is 360 g/mol. The summed E-state index contributed by atoms with van der Waals surface area (Å²) in [5.41, 5.74) is 5.36. The molecule has 156 valence electrons. The molecule has 4 rings (SSSR count). The number of benzene rings is 2. The molecule has 4 nitrogen and oxygen atoms in total. The molecule has 0 atom stereocenters. The van der Waals surface area contributed by atoms with Crippen LogP contribution in [0.2, 0.25) is 0 Å². The number of hydrogen-bond donors (Lipinski definition) is 1. The Labute approximate surface area is 175 Å². The van der Waals surface area contributed by atoms with Crippen molar-refractivity contribution >= 4 is 11.9 Å². The van der Waals surface area contributed by atoms with Crippen LogP contribution in [-0.4, -0.2) is 28.9 Å². The maximum absolute atomic E-state index is 11.6. The van der Waals surface area contributed by atoms with E-state index < -0.39 is 5.54 Å². The van der Waals surface area contributed by atoms with Crippen LogP contribution in [0.15, 0.2) is 48.5 Å². The van der Waals surface area contributed by atoms with Crippen LogP contribution in [0.4, 0.5) is 4.79 Å². The first kappa shape index (κ1) is 22.7. The van der Waals surface area contributed by atoms with Crippen LogP contribution in [0, 0.1) is 0 Å². The van der Waals surface area contributed by atoms with Crippen molar-refractivity contribution in [3.63, 3.8) is 0 Å². The lowest BCUT2D eigenvalue weighted by atomic mass is 9.98. The van der Waals surface area contributed by atoms with E-state index in [0.717, 1.165) is 19.3 Å². The van der Waals surface area contributed by atoms with Crippen molar-refractivity contribution in [1.82, 2.24) is 10.2 Å². The highest BCUT2D eigenvalue weighted by atomic mass is 16.2. The lowest BCUT2D eigenvalue weighted by Crippen LogP contribution is -2.59. The number of hydrogen-bond acceptors (Lipinski definition) is 2. The van der Waals surface area contributed by atoms with Gasteiger partial charge in [-0.2, -0.15) is 0 Å². The van der Waals surface area contributed by atoms with Crippen molar-refractivity contribution in [2.24, 2.45) is 0 Å². The number of nitrogens with zero attached hydrogens (tertiary/aromatic N) is 1. The van der Waals surface area contributed by atoms with E-state index in [0.29, 0.717) is 13.0 Å². The summed E-state index contributed by atoms with van der Waals surface area (Å²) in [7, 11) is 0. The summed E-state index contributed by atoms with van der Waals surface area (Å²) in [5, 5.41) is 2.81. The zero-order valence-corrected chi connectivity index (χ0v) is 18.4. The van der Waals surface area contributed by atoms with Crippen LogP contribution in [0.5, 0.6) is 0 Å². The van der Waals surface area contributed by atoms with E-state index in [9.17, 15) is 9.59 Å². The van der Waals surface area contributed by atoms with E-state index in [1.54, 1.807) is 0 Å². The molecule has 0 aromatic heterocycles. The summed E-state index contributed by atoms with van der Waals surface area (Å²) < 4.78 is 0. The average molecular weight is 395 g/mol. The van der Waals surface area contributed by atoms with Crippen molar-refractivity contribution in [1.29, 1.82) is 0 Å². The molecule has 1 heterocycles. The van der Waals surface area contributed by atoms with Gasteiger partial charge in [0, 0.05) is 18.5 Å². The Bertz CT molecular complexity index is 779. The van der Waals surface area contributed by atoms with Gasteiger partial charge in [-0.25, -0.2) is 4.79 Å². The van der Waals surface area contributed by atoms with Crippen LogP contribution in [0.25, 0.3) is 11.1 Å². The molecule has 2 aliphatic rings. The molecule has 2 aromatic rings. The lowest BCUT2D eigenvalue weighted by Gasteiger charge is -2.36. The number of unbranched alkanes of at least 4 members (excludes halogenated alkanes) is 1. The van der Waals surface area contributed by atoms with E-state index >= 15 is 0 Å². The zero-order valence-electron chi connectivity index (χ0n) is 18.4. The summed E-state index contributed by atoms with van der Waals surface area (Å²) in [6, 6.07) is 17.1. The largest absolute Gasteiger partial charge is 0.332 e. The third kappa shape index (κ3) is 5.69. The minimum Gasteiger partial charge on any atom is -0.332 e. The molecule has 0 saturated carbocycles. The molecular formula is C25H34N2O2. The van der Waals surface area contributed by atoms with Gasteiger partial charge >= 0.3 is 6.03 Å². The SMILES string of the molecule is CC.CCCCN1C(=O)CC(C)(C)NC1=O.c1ccc2c(c1)Cc1ccccc1-2. The van der Waals surface area contributed by atoms with Crippen molar-refractivity contribution in [2.45, 2.75) is 65.8 Å². The summed E-state index contributed by atoms with van der Waals surface area (Å²) in [4.78, 5) is 24.4. The van der Waals surface area contributed by atoms with E-state index in [1.165, 1.54) is 27.2 Å². The number of imide groups is 1. The van der Waals surface area contributed by atoms with Crippen molar-refractivity contribution in [3.8, 4) is 11.1 Å². The standard InChI is InChI=1S/C13H10.C10H18N2O2.C2H6/c1-3-7-12-10(5-1)9-11-6-2-4-8-13(11)12;1-4-5-6-12-8(13)7-10(2,3)11-9(12)14;1-2/h1-8H,9H2;4-7H2,1-3H3,(H,11,14);1-2H3. The summed E-state index contributed by atoms with van der Waals surface area (Å²) in [6.45, 7) is 10.3. The summed E-state index contributed by atoms with van der Waals surface area (Å²) >= 11 is 0. The smallest absolute Gasteiger partial charge is 0.324 e. The van der Waals surface area contributed by atoms with E-state index in [-0.39, 0.29) is 11.9 Å². The van der Waals surface area contributed by atoms with Gasteiger partial charge in [0.1, 0.15) is 0 Å². The van der Waals surface area contributed by atoms with Gasteiger partial charge in [-0.3, -0.25) is 9.69 Å². The van der Waals surface area contributed by atoms with Crippen molar-refractivity contribution < 1.29 is 9.59 Å². The molecule has 1 fully saturated rings. The minimum atomic E-state index is -0.392. The minimum absolute atomic E-state index is 0.0628. The normalized spacial score (nSPS) is 15.8. The molecule has 0 unspecified atom stereocenters. The maximum atomic E-state index is 11.6. The number of fused-ring (bicyclic) bond motifs is 3. The predicted octanol–water partition coefficient (Wildman–Crippen LogP) is 5.79. The highest BCUT2D eigenvalue weighted by molar-refractivity contribution is 5.97. The third-order valence-corrected chi connectivity index (χ3v) is 5.03. The monoisotopic (exact) mass is 394 g/mol. The van der Waals surface area contributed by atoms with Gasteiger partial charge < -0.3 is 5.32 Å². The number of nitrogens with one attached hydrogen (secondary N) is 1. The summed E-state index contributed by atoms with van der Waals surface area (Å²) in [6.07, 6.45) is 3.36. The first-order valence-electron chi connectivity index (χ1n) is 10.7. The highest BCUT2D eigenvalue weighted by Crippen LogP contribution is 2.35. The van der Waals surface area contributed by atoms with Gasteiger partial charge in [0.15, 0.2) is 0 Å². The van der Waals surface area contributed by atoms with Crippen LogP contribution in [-0.2, 0) is 11.2 Å². The molecule has 1 aliphatic carbocycles. The maximum Gasteiger partial charge on any atom is 0.324 e. The molecule has 29 heavy (non-hydrogen) atoms. The lowest BCUT2D eigenvalue weighted by molar-refractivity contribution is -0.131. The topological polar surface area (TPSA) is 49.4 Å². The Balaban J connectivity index is 0.000000191. The molecule has 4 heteroatoms. The molecule has 0 radical (unpaired) electrons. The first-order valence-corrected chi connectivity index (χ1v) is 10.7. The number of rotatable bonds is 3. The summed E-state index contributed by atoms with van der Waals surface area (Å²) in [5.74, 6) is -0.0628. The zero-order chi connectivity index (χ0) is 21.4. The molecule has 0 bridgehead atoms. The van der Waals surface area contributed by atoms with Gasteiger partial charge in [0.05, 0.1) is 0 Å². The predicted molar refractivity (Wildman–Crippen MR) is 120 cm³/mol. The molecule has 3 amide bonds. The van der Waals surface area contributed by atoms with Gasteiger partial charge in [-0.1, -0.05) is 75.7 Å². The molecule has 0 spiro atoms. The van der Waals surface area contributed by atoms with Gasteiger partial charge in [-0.15, -0.1) is 0 Å². The van der Waals surface area contributed by atoms with Crippen LogP contribution in [0.1, 0.15) is 65.0 Å². The third-order valence-electron chi connectivity index (χ3n) is 5.03. The molecule has 1 aliphatic heterocycles. The Kier molecular flexibility index (Phi) is 8.00. The number of urea groups is 1. The van der Waals surface area contributed by atoms with Crippen molar-refractivity contribution in [3.05, 3.63) is 59.7 Å². The second-order valence-electron chi connectivity index (χ2n) is 7.88. The van der Waals surface area contributed by atoms with Gasteiger partial charge in [0.25, 0.3) is 0 Å². The fraction of sp³-hybridized carbons (Fsp3) is 0.440. The Hall–Kier alpha value is -2.62. The second-order valence-corrected chi connectivity index (χ2v) is 7.88. The first-order chi connectivity index (χ1) is 13.9. The Morgan fingerprint density at radius 2 is 1.45 bits per heavy atom. The average Bonchev–Trinajstić information content (AvgIpc) is 3.07. The van der Waals surface area contributed by atoms with Crippen molar-refractivity contribution in [2.75, 3.05) is 6.54 Å². The van der Waals surface area contributed by atoms with Crippen LogP contribution >= 0.6 is 0 Å². The van der Waals surface area contributed by atoms with E-state index in [4.69, 9.17) is 0 Å². The second kappa shape index (κ2) is 10.2. The fourth-order valence-corrected chi connectivity index (χ4v) is 3.61. The number of carbonyl (C=O) groups excluding carboxylic acids is 2. The molecule has 1 saturated heterocycles. The molecule has 1 N–H and O–H groups in total. The highest BCUT2D eigenvalue weighted by Gasteiger charge is 2.35. The quantitative estimate of drug-likeness (QED) is 0.611. The Morgan fingerprint density at radius 3 is 1.93 bits per heavy atom. The fourth-order valence-electron chi connectivity index (χ4n) is 3.61. The van der Waals surface area contributed by atoms with Crippen LogP contribution in [0.3, 0.4) is 0 Å². The number of amides is 3. The number of carbonyl (C=O) groups is 2. The molecule has 2 aromatic carbocycles. The van der Waals surface area contributed by atoms with E-state index in [1.807, 2.05) is 34.6 Å².